The average molecular weight is 170 g/mol. The van der Waals surface area contributed by atoms with Gasteiger partial charge in [0.25, 0.3) is 0 Å². The van der Waals surface area contributed by atoms with Gasteiger partial charge in [-0.25, -0.2) is 4.99 Å². The van der Waals surface area contributed by atoms with E-state index in [0.717, 1.165) is 0 Å². The number of isothiocyanates is 1. The van der Waals surface area contributed by atoms with Crippen molar-refractivity contribution >= 4 is 40.6 Å². The van der Waals surface area contributed by atoms with Gasteiger partial charge in [-0.15, -0.1) is 23.2 Å². The van der Waals surface area contributed by atoms with E-state index >= 15 is 0 Å². The Morgan fingerprint density at radius 2 is 2.38 bits per heavy atom. The molecule has 0 aliphatic rings. The first kappa shape index (κ1) is 8.38. The zero-order valence-electron chi connectivity index (χ0n) is 4.10. The van der Waals surface area contributed by atoms with Crippen LogP contribution in [0, 0.1) is 0 Å². The summed E-state index contributed by atoms with van der Waals surface area (Å²) in [6.07, 6.45) is 0. The van der Waals surface area contributed by atoms with E-state index in [1.54, 1.807) is 0 Å². The average Bonchev–Trinajstić information content (AvgIpc) is 1.83. The van der Waals surface area contributed by atoms with Gasteiger partial charge >= 0.3 is 0 Å². The van der Waals surface area contributed by atoms with E-state index in [0.29, 0.717) is 12.4 Å². The summed E-state index contributed by atoms with van der Waals surface area (Å²) in [7, 11) is 0. The lowest BCUT2D eigenvalue weighted by molar-refractivity contribution is 0.955. The number of nitrogens with zero attached hydrogens (tertiary/aromatic N) is 1. The van der Waals surface area contributed by atoms with Crippen LogP contribution < -0.4 is 0 Å². The molecule has 0 spiro atoms. The normalized spacial score (nSPS) is 12.2. The van der Waals surface area contributed by atoms with Gasteiger partial charge < -0.3 is 0 Å². The molecule has 0 saturated heterocycles. The van der Waals surface area contributed by atoms with E-state index in [9.17, 15) is 0 Å². The highest BCUT2D eigenvalue weighted by atomic mass is 35.5. The van der Waals surface area contributed by atoms with Crippen molar-refractivity contribution < 1.29 is 0 Å². The molecule has 0 aromatic heterocycles. The van der Waals surface area contributed by atoms with Crippen LogP contribution in [0.2, 0.25) is 0 Å². The molecule has 0 saturated carbocycles. The van der Waals surface area contributed by atoms with Gasteiger partial charge in [0.1, 0.15) is 0 Å². The molecule has 0 aromatic carbocycles. The van der Waals surface area contributed by atoms with E-state index in [4.69, 9.17) is 23.2 Å². The third-order valence-corrected chi connectivity index (χ3v) is 1.47. The summed E-state index contributed by atoms with van der Waals surface area (Å²) in [5, 5.41) is 2.09. The van der Waals surface area contributed by atoms with Crippen molar-refractivity contribution in [3.63, 3.8) is 0 Å². The molecule has 1 atom stereocenters. The minimum atomic E-state index is -0.105. The Balaban J connectivity index is 3.23. The molecule has 0 aromatic rings. The lowest BCUT2D eigenvalue weighted by Crippen LogP contribution is -2.03. The van der Waals surface area contributed by atoms with Crippen LogP contribution in [0.3, 0.4) is 0 Å². The van der Waals surface area contributed by atoms with Crippen molar-refractivity contribution in [3.05, 3.63) is 0 Å². The first-order valence-electron chi connectivity index (χ1n) is 2.05. The Morgan fingerprint density at radius 3 is 2.75 bits per heavy atom. The fourth-order valence-corrected chi connectivity index (χ4v) is 0.426. The topological polar surface area (TPSA) is 12.4 Å². The van der Waals surface area contributed by atoms with Crippen LogP contribution in [0.1, 0.15) is 0 Å². The monoisotopic (exact) mass is 169 g/mol. The molecule has 46 valence electrons. The van der Waals surface area contributed by atoms with Crippen LogP contribution in [0.4, 0.5) is 0 Å². The van der Waals surface area contributed by atoms with Crippen molar-refractivity contribution in [3.8, 4) is 0 Å². The number of alkyl halides is 2. The number of thiocarbonyl (C=S) groups is 1. The highest BCUT2D eigenvalue weighted by Crippen LogP contribution is 1.97. The molecule has 4 heteroatoms. The Hall–Kier alpha value is 0.380. The fourth-order valence-electron chi connectivity index (χ4n) is 0.185. The molecule has 8 heavy (non-hydrogen) atoms. The van der Waals surface area contributed by atoms with Crippen molar-refractivity contribution in [2.75, 3.05) is 12.4 Å². The smallest absolute Gasteiger partial charge is 0.0674 e. The third kappa shape index (κ3) is 4.54. The van der Waals surface area contributed by atoms with E-state index in [1.807, 2.05) is 0 Å². The van der Waals surface area contributed by atoms with E-state index in [-0.39, 0.29) is 5.38 Å². The number of halogens is 2. The summed E-state index contributed by atoms with van der Waals surface area (Å²) in [6.45, 7) is 0.467. The minimum absolute atomic E-state index is 0.105. The first-order valence-corrected chi connectivity index (χ1v) is 3.43. The molecular weight excluding hydrogens is 165 g/mol. The lowest BCUT2D eigenvalue weighted by Gasteiger charge is -1.94. The maximum absolute atomic E-state index is 5.53. The van der Waals surface area contributed by atoms with Crippen molar-refractivity contribution in [1.29, 1.82) is 0 Å². The van der Waals surface area contributed by atoms with Crippen molar-refractivity contribution in [1.82, 2.24) is 0 Å². The minimum Gasteiger partial charge on any atom is -0.231 e. The third-order valence-electron chi connectivity index (χ3n) is 0.521. The summed E-state index contributed by atoms with van der Waals surface area (Å²) in [5.41, 5.74) is 0. The first-order chi connectivity index (χ1) is 3.81. The maximum Gasteiger partial charge on any atom is 0.0674 e. The van der Waals surface area contributed by atoms with Gasteiger partial charge in [-0.05, 0) is 12.2 Å². The van der Waals surface area contributed by atoms with Gasteiger partial charge in [0, 0.05) is 5.88 Å². The van der Waals surface area contributed by atoms with Crippen molar-refractivity contribution in [2.24, 2.45) is 4.99 Å². The van der Waals surface area contributed by atoms with E-state index < -0.39 is 0 Å². The summed E-state index contributed by atoms with van der Waals surface area (Å²) in [6, 6.07) is 0. The molecule has 0 aliphatic carbocycles. The van der Waals surface area contributed by atoms with Crippen molar-refractivity contribution in [2.45, 2.75) is 5.38 Å². The predicted octanol–water partition coefficient (Wildman–Crippen LogP) is 1.94. The Morgan fingerprint density at radius 1 is 1.75 bits per heavy atom. The number of rotatable bonds is 3. The largest absolute Gasteiger partial charge is 0.231 e. The van der Waals surface area contributed by atoms with Gasteiger partial charge in [-0.1, -0.05) is 0 Å². The van der Waals surface area contributed by atoms with Crippen LogP contribution in [-0.2, 0) is 0 Å². The van der Waals surface area contributed by atoms with Gasteiger partial charge in [0.15, 0.2) is 0 Å². The van der Waals surface area contributed by atoms with Crippen LogP contribution in [0.25, 0.3) is 0 Å². The van der Waals surface area contributed by atoms with Crippen LogP contribution in [-0.4, -0.2) is 23.0 Å². The second kappa shape index (κ2) is 5.52. The quantitative estimate of drug-likeness (QED) is 0.358. The Kier molecular flexibility index (Phi) is 5.78. The summed E-state index contributed by atoms with van der Waals surface area (Å²) >= 11 is 15.2. The Labute approximate surface area is 63.7 Å². The van der Waals surface area contributed by atoms with Gasteiger partial charge in [-0.3, -0.25) is 0 Å². The fraction of sp³-hybridized carbons (Fsp3) is 0.750. The number of hydrogen-bond donors (Lipinski definition) is 0. The number of hydrogen-bond acceptors (Lipinski definition) is 2. The molecule has 0 rings (SSSR count). The molecule has 0 heterocycles. The Bertz CT molecular complexity index is 100. The van der Waals surface area contributed by atoms with Gasteiger partial charge in [0.05, 0.1) is 17.1 Å². The molecule has 0 amide bonds. The molecule has 0 fully saturated rings. The zero-order valence-corrected chi connectivity index (χ0v) is 6.43. The summed E-state index contributed by atoms with van der Waals surface area (Å²) in [5.74, 6) is 0.405. The highest BCUT2D eigenvalue weighted by Gasteiger charge is 1.97. The van der Waals surface area contributed by atoms with Crippen LogP contribution >= 0.6 is 35.4 Å². The molecule has 0 radical (unpaired) electrons. The molecule has 1 unspecified atom stereocenters. The molecule has 0 bridgehead atoms. The SMILES string of the molecule is S=C=NCC(Cl)CCl. The van der Waals surface area contributed by atoms with Gasteiger partial charge in [0.2, 0.25) is 0 Å². The highest BCUT2D eigenvalue weighted by molar-refractivity contribution is 7.78. The molecular formula is C4H5Cl2NS. The molecule has 0 aliphatic heterocycles. The molecule has 0 N–H and O–H groups in total. The number of aliphatic imine (C=N–C) groups is 1. The van der Waals surface area contributed by atoms with Crippen LogP contribution in [0.15, 0.2) is 4.99 Å². The summed E-state index contributed by atoms with van der Waals surface area (Å²) < 4.78 is 0. The van der Waals surface area contributed by atoms with E-state index in [1.165, 1.54) is 0 Å². The van der Waals surface area contributed by atoms with Crippen LogP contribution in [0.5, 0.6) is 0 Å². The molecule has 1 nitrogen and oxygen atoms in total. The van der Waals surface area contributed by atoms with Gasteiger partial charge in [-0.2, -0.15) is 0 Å². The lowest BCUT2D eigenvalue weighted by atomic mass is 10.5. The summed E-state index contributed by atoms with van der Waals surface area (Å²) in [4.78, 5) is 3.59. The standard InChI is InChI=1S/C4H5Cl2NS/c5-1-4(6)2-7-3-8/h4H,1-2H2. The van der Waals surface area contributed by atoms with E-state index in [2.05, 4.69) is 22.4 Å². The maximum atomic E-state index is 5.53. The zero-order chi connectivity index (χ0) is 6.41. The second-order valence-electron chi connectivity index (χ2n) is 1.18. The predicted molar refractivity (Wildman–Crippen MR) is 40.3 cm³/mol. The second-order valence-corrected chi connectivity index (χ2v) is 2.29.